The number of halogens is 1. The molecule has 0 unspecified atom stereocenters. The number of hydrogen-bond acceptors (Lipinski definition) is 8. The van der Waals surface area contributed by atoms with Crippen LogP contribution in [0.2, 0.25) is 4.34 Å². The van der Waals surface area contributed by atoms with Crippen molar-refractivity contribution in [1.29, 1.82) is 5.41 Å². The molecule has 0 atom stereocenters. The van der Waals surface area contributed by atoms with Crippen LogP contribution >= 0.6 is 22.9 Å². The average molecular weight is 499 g/mol. The number of aryl methyl sites for hydroxylation is 1. The van der Waals surface area contributed by atoms with E-state index in [9.17, 15) is 9.59 Å². The summed E-state index contributed by atoms with van der Waals surface area (Å²) in [6.07, 6.45) is 0.929. The van der Waals surface area contributed by atoms with Gasteiger partial charge in [-0.3, -0.25) is 15.0 Å². The Kier molecular flexibility index (Phi) is 7.09. The van der Waals surface area contributed by atoms with Crippen molar-refractivity contribution in [2.24, 2.45) is 0 Å². The molecule has 1 aliphatic heterocycles. The number of carbonyl (C=O) groups excluding carboxylic acids is 2. The van der Waals surface area contributed by atoms with Crippen molar-refractivity contribution < 1.29 is 14.3 Å². The Labute approximate surface area is 205 Å². The molecule has 11 heteroatoms. The zero-order valence-electron chi connectivity index (χ0n) is 18.7. The maximum absolute atomic E-state index is 13.2. The lowest BCUT2D eigenvalue weighted by atomic mass is 10.1. The average Bonchev–Trinajstić information content (AvgIpc) is 3.40. The molecule has 0 fully saturated rings. The second-order valence-electron chi connectivity index (χ2n) is 7.79. The molecule has 4 rings (SSSR count). The third kappa shape index (κ3) is 5.02. The number of thiophene rings is 1. The Bertz CT molecular complexity index is 1250. The summed E-state index contributed by atoms with van der Waals surface area (Å²) in [6, 6.07) is 11.2. The van der Waals surface area contributed by atoms with Gasteiger partial charge in [-0.2, -0.15) is 5.10 Å². The fraction of sp³-hybridized carbons (Fsp3) is 0.261. The maximum atomic E-state index is 13.2. The molecule has 1 aromatic carbocycles. The summed E-state index contributed by atoms with van der Waals surface area (Å²) in [5.74, 6) is -0.202. The molecule has 176 valence electrons. The third-order valence-corrected chi connectivity index (χ3v) is 6.71. The van der Waals surface area contributed by atoms with Gasteiger partial charge in [0.15, 0.2) is 12.2 Å². The van der Waals surface area contributed by atoms with Crippen molar-refractivity contribution >= 4 is 52.7 Å². The van der Waals surface area contributed by atoms with Crippen LogP contribution in [0.3, 0.4) is 0 Å². The van der Waals surface area contributed by atoms with Gasteiger partial charge in [0, 0.05) is 24.8 Å². The van der Waals surface area contributed by atoms with Gasteiger partial charge in [-0.05, 0) is 36.8 Å². The molecular formula is C23H23ClN6O3S. The number of aromatic nitrogens is 2. The van der Waals surface area contributed by atoms with Crippen LogP contribution in [-0.2, 0) is 17.8 Å². The standard InChI is InChI=1S/C23H23ClN6O3S/c1-14-20-17(21(28-27-14)26-22(31)18-6-7-19(24)34-18)12-30(23(20)32)11-15-4-3-5-16(10-15)29(2)8-9-33-13-25/h3-7,10,13,25H,8-9,11-12H2,1-2H3,(H,26,28,31). The van der Waals surface area contributed by atoms with E-state index in [1.165, 1.54) is 11.3 Å². The summed E-state index contributed by atoms with van der Waals surface area (Å²) in [6.45, 7) is 3.50. The minimum atomic E-state index is -0.342. The van der Waals surface area contributed by atoms with Gasteiger partial charge in [0.25, 0.3) is 11.8 Å². The van der Waals surface area contributed by atoms with Gasteiger partial charge in [0.05, 0.1) is 33.6 Å². The number of fused-ring (bicyclic) bond motifs is 1. The normalized spacial score (nSPS) is 12.4. The van der Waals surface area contributed by atoms with E-state index in [0.717, 1.165) is 17.7 Å². The first-order valence-corrected chi connectivity index (χ1v) is 11.7. The molecule has 0 saturated heterocycles. The quantitative estimate of drug-likeness (QED) is 0.262. The van der Waals surface area contributed by atoms with E-state index in [2.05, 4.69) is 15.5 Å². The summed E-state index contributed by atoms with van der Waals surface area (Å²) in [5, 5.41) is 18.0. The molecule has 0 aliphatic carbocycles. The number of benzene rings is 1. The van der Waals surface area contributed by atoms with Gasteiger partial charge >= 0.3 is 0 Å². The summed E-state index contributed by atoms with van der Waals surface area (Å²) in [4.78, 5) is 30.0. The number of rotatable bonds is 9. The first kappa shape index (κ1) is 23.7. The number of likely N-dealkylation sites (N-methyl/N-ethyl adjacent to an activating group) is 1. The van der Waals surface area contributed by atoms with E-state index >= 15 is 0 Å². The van der Waals surface area contributed by atoms with Crippen molar-refractivity contribution in [2.75, 3.05) is 30.4 Å². The molecule has 9 nitrogen and oxygen atoms in total. The lowest BCUT2D eigenvalue weighted by Crippen LogP contribution is -2.25. The lowest BCUT2D eigenvalue weighted by molar-refractivity contribution is 0.0766. The lowest BCUT2D eigenvalue weighted by Gasteiger charge is -2.21. The van der Waals surface area contributed by atoms with E-state index in [4.69, 9.17) is 21.7 Å². The Morgan fingerprint density at radius 3 is 2.91 bits per heavy atom. The molecule has 0 spiro atoms. The summed E-state index contributed by atoms with van der Waals surface area (Å²) < 4.78 is 5.51. The van der Waals surface area contributed by atoms with Crippen LogP contribution in [0.25, 0.3) is 0 Å². The van der Waals surface area contributed by atoms with Gasteiger partial charge in [-0.15, -0.1) is 16.4 Å². The minimum absolute atomic E-state index is 0.143. The first-order valence-electron chi connectivity index (χ1n) is 10.5. The second-order valence-corrected chi connectivity index (χ2v) is 9.50. The number of nitrogens with zero attached hydrogens (tertiary/aromatic N) is 4. The van der Waals surface area contributed by atoms with Crippen LogP contribution in [0.4, 0.5) is 11.5 Å². The number of carbonyl (C=O) groups is 2. The SMILES string of the molecule is Cc1nnc(NC(=O)c2ccc(Cl)s2)c2c1C(=O)N(Cc1cccc(N(C)CCOC=N)c1)C2. The predicted molar refractivity (Wildman–Crippen MR) is 132 cm³/mol. The molecule has 3 heterocycles. The Balaban J connectivity index is 1.51. The summed E-state index contributed by atoms with van der Waals surface area (Å²) in [7, 11) is 1.94. The fourth-order valence-electron chi connectivity index (χ4n) is 3.75. The molecule has 1 aliphatic rings. The van der Waals surface area contributed by atoms with Crippen LogP contribution in [-0.4, -0.2) is 53.5 Å². The highest BCUT2D eigenvalue weighted by atomic mass is 35.5. The smallest absolute Gasteiger partial charge is 0.266 e. The van der Waals surface area contributed by atoms with E-state index in [-0.39, 0.29) is 17.6 Å². The van der Waals surface area contributed by atoms with Crippen molar-refractivity contribution in [2.45, 2.75) is 20.0 Å². The molecular weight excluding hydrogens is 476 g/mol. The van der Waals surface area contributed by atoms with E-state index in [1.807, 2.05) is 36.2 Å². The monoisotopic (exact) mass is 498 g/mol. The highest BCUT2D eigenvalue weighted by molar-refractivity contribution is 7.18. The fourth-order valence-corrected chi connectivity index (χ4v) is 4.69. The van der Waals surface area contributed by atoms with Crippen LogP contribution in [0, 0.1) is 12.3 Å². The largest absolute Gasteiger partial charge is 0.482 e. The highest BCUT2D eigenvalue weighted by Gasteiger charge is 2.33. The van der Waals surface area contributed by atoms with Gasteiger partial charge < -0.3 is 19.9 Å². The highest BCUT2D eigenvalue weighted by Crippen LogP contribution is 2.31. The molecule has 3 aromatic rings. The topological polar surface area (TPSA) is 112 Å². The summed E-state index contributed by atoms with van der Waals surface area (Å²) >= 11 is 7.11. The zero-order chi connectivity index (χ0) is 24.2. The second kappa shape index (κ2) is 10.2. The maximum Gasteiger partial charge on any atom is 0.266 e. The van der Waals surface area contributed by atoms with Crippen LogP contribution in [0.5, 0.6) is 0 Å². The predicted octanol–water partition coefficient (Wildman–Crippen LogP) is 3.97. The van der Waals surface area contributed by atoms with Crippen molar-refractivity contribution in [1.82, 2.24) is 15.1 Å². The molecule has 34 heavy (non-hydrogen) atoms. The van der Waals surface area contributed by atoms with Crippen molar-refractivity contribution in [3.05, 3.63) is 68.0 Å². The minimum Gasteiger partial charge on any atom is -0.482 e. The number of anilines is 2. The first-order chi connectivity index (χ1) is 16.4. The van der Waals surface area contributed by atoms with E-state index in [1.54, 1.807) is 24.0 Å². The molecule has 0 saturated carbocycles. The number of nitrogens with one attached hydrogen (secondary N) is 2. The van der Waals surface area contributed by atoms with E-state index < -0.39 is 0 Å². The van der Waals surface area contributed by atoms with E-state index in [0.29, 0.717) is 52.3 Å². The van der Waals surface area contributed by atoms with Crippen LogP contribution in [0.1, 0.15) is 36.9 Å². The zero-order valence-corrected chi connectivity index (χ0v) is 20.2. The third-order valence-electron chi connectivity index (χ3n) is 5.48. The Morgan fingerprint density at radius 1 is 1.35 bits per heavy atom. The molecule has 0 bridgehead atoms. The van der Waals surface area contributed by atoms with Gasteiger partial charge in [0.2, 0.25) is 0 Å². The van der Waals surface area contributed by atoms with Crippen molar-refractivity contribution in [3.63, 3.8) is 0 Å². The number of hydrogen-bond donors (Lipinski definition) is 2. The molecule has 0 radical (unpaired) electrons. The van der Waals surface area contributed by atoms with Crippen LogP contribution < -0.4 is 10.2 Å². The number of ether oxygens (including phenoxy) is 1. The molecule has 2 aromatic heterocycles. The molecule has 2 N–H and O–H groups in total. The van der Waals surface area contributed by atoms with Gasteiger partial charge in [-0.1, -0.05) is 23.7 Å². The Morgan fingerprint density at radius 2 is 2.18 bits per heavy atom. The molecule has 2 amide bonds. The summed E-state index contributed by atoms with van der Waals surface area (Å²) in [5.41, 5.74) is 3.62. The van der Waals surface area contributed by atoms with Gasteiger partial charge in [0.1, 0.15) is 6.61 Å². The van der Waals surface area contributed by atoms with Crippen molar-refractivity contribution in [3.8, 4) is 0 Å². The number of amides is 2. The Hall–Kier alpha value is -3.50. The van der Waals surface area contributed by atoms with Gasteiger partial charge in [-0.25, -0.2) is 0 Å². The van der Waals surface area contributed by atoms with Crippen LogP contribution in [0.15, 0.2) is 36.4 Å².